The summed E-state index contributed by atoms with van der Waals surface area (Å²) in [5, 5.41) is 7.93. The van der Waals surface area contributed by atoms with Crippen LogP contribution in [0.3, 0.4) is 0 Å². The number of anilines is 1. The van der Waals surface area contributed by atoms with Crippen LogP contribution >= 0.6 is 0 Å². The number of benzene rings is 1. The first-order valence-corrected chi connectivity index (χ1v) is 12.7. The lowest BCUT2D eigenvalue weighted by Gasteiger charge is -2.35. The minimum Gasteiger partial charge on any atom is -0.303 e. The number of rotatable bonds is 7. The summed E-state index contributed by atoms with van der Waals surface area (Å²) in [4.78, 5) is 25.9. The quantitative estimate of drug-likeness (QED) is 0.537. The first-order valence-electron chi connectivity index (χ1n) is 12.7. The van der Waals surface area contributed by atoms with Gasteiger partial charge in [-0.3, -0.25) is 19.7 Å². The van der Waals surface area contributed by atoms with E-state index in [1.807, 2.05) is 29.1 Å². The molecule has 36 heavy (non-hydrogen) atoms. The molecule has 3 aromatic rings. The van der Waals surface area contributed by atoms with Crippen molar-refractivity contribution >= 4 is 22.8 Å². The van der Waals surface area contributed by atoms with Gasteiger partial charge < -0.3 is 4.90 Å². The fourth-order valence-corrected chi connectivity index (χ4v) is 5.15. The van der Waals surface area contributed by atoms with Crippen LogP contribution in [-0.2, 0) is 17.9 Å². The molecule has 8 nitrogen and oxygen atoms in total. The molecule has 0 bridgehead atoms. The predicted molar refractivity (Wildman–Crippen MR) is 135 cm³/mol. The number of likely N-dealkylation sites (tertiary alicyclic amines) is 1. The molecule has 192 valence electrons. The lowest BCUT2D eigenvalue weighted by atomic mass is 9.92. The molecule has 2 aromatic heterocycles. The molecule has 5 rings (SSSR count). The molecule has 2 aliphatic heterocycles. The Balaban J connectivity index is 1.33. The number of halogens is 2. The van der Waals surface area contributed by atoms with E-state index >= 15 is 4.39 Å². The van der Waals surface area contributed by atoms with Crippen LogP contribution in [0.1, 0.15) is 32.4 Å². The van der Waals surface area contributed by atoms with Gasteiger partial charge in [-0.25, -0.2) is 18.7 Å². The summed E-state index contributed by atoms with van der Waals surface area (Å²) in [6, 6.07) is 5.83. The van der Waals surface area contributed by atoms with Crippen LogP contribution in [0, 0.1) is 5.92 Å². The molecule has 10 heteroatoms. The summed E-state index contributed by atoms with van der Waals surface area (Å²) >= 11 is 0. The van der Waals surface area contributed by atoms with E-state index in [0.29, 0.717) is 37.6 Å². The number of hydrogen-bond acceptors (Lipinski definition) is 6. The summed E-state index contributed by atoms with van der Waals surface area (Å²) in [5.74, 6) is -0.0811. The van der Waals surface area contributed by atoms with Gasteiger partial charge in [-0.05, 0) is 17.5 Å². The lowest BCUT2D eigenvalue weighted by Crippen LogP contribution is -2.49. The van der Waals surface area contributed by atoms with E-state index in [2.05, 4.69) is 44.0 Å². The number of alkyl halides is 2. The number of hydrogen-bond donors (Lipinski definition) is 1. The van der Waals surface area contributed by atoms with Gasteiger partial charge in [-0.15, -0.1) is 0 Å². The van der Waals surface area contributed by atoms with Crippen molar-refractivity contribution in [1.29, 1.82) is 0 Å². The number of fused-ring (bicyclic) bond motifs is 2. The molecule has 1 fully saturated rings. The minimum atomic E-state index is -1.92. The average Bonchev–Trinajstić information content (AvgIpc) is 3.28. The van der Waals surface area contributed by atoms with Crippen LogP contribution in [0.5, 0.6) is 0 Å². The van der Waals surface area contributed by atoms with Crippen molar-refractivity contribution in [2.24, 2.45) is 5.92 Å². The van der Waals surface area contributed by atoms with Gasteiger partial charge in [-0.2, -0.15) is 5.10 Å². The van der Waals surface area contributed by atoms with Crippen molar-refractivity contribution in [3.05, 3.63) is 36.3 Å². The highest BCUT2D eigenvalue weighted by molar-refractivity contribution is 5.96. The molecule has 0 atom stereocenters. The van der Waals surface area contributed by atoms with Crippen LogP contribution in [-0.4, -0.2) is 80.5 Å². The molecule has 0 unspecified atom stereocenters. The van der Waals surface area contributed by atoms with E-state index < -0.39 is 11.6 Å². The van der Waals surface area contributed by atoms with Gasteiger partial charge in [0.15, 0.2) is 5.67 Å². The van der Waals surface area contributed by atoms with E-state index in [0.717, 1.165) is 41.8 Å². The molecule has 0 radical (unpaired) electrons. The molecule has 1 N–H and O–H groups in total. The summed E-state index contributed by atoms with van der Waals surface area (Å²) in [5.41, 5.74) is 1.67. The summed E-state index contributed by atoms with van der Waals surface area (Å²) in [7, 11) is 0. The first kappa shape index (κ1) is 24.7. The number of carbonyl (C=O) groups is 1. The Kier molecular flexibility index (Phi) is 6.98. The number of nitrogens with one attached hydrogen (secondary N) is 1. The Morgan fingerprint density at radius 1 is 1.14 bits per heavy atom. The number of aromatic nitrogens is 4. The maximum atomic E-state index is 15.4. The van der Waals surface area contributed by atoms with E-state index in [9.17, 15) is 9.18 Å². The summed E-state index contributed by atoms with van der Waals surface area (Å²) in [6.45, 7) is 8.46. The van der Waals surface area contributed by atoms with Gasteiger partial charge in [0.1, 0.15) is 6.67 Å². The highest BCUT2D eigenvalue weighted by atomic mass is 19.1. The highest BCUT2D eigenvalue weighted by Crippen LogP contribution is 2.31. The lowest BCUT2D eigenvalue weighted by molar-refractivity contribution is -0.130. The van der Waals surface area contributed by atoms with Crippen LogP contribution < -0.4 is 5.32 Å². The second-order valence-corrected chi connectivity index (χ2v) is 10.3. The van der Waals surface area contributed by atoms with Crippen LogP contribution in [0.15, 0.2) is 30.6 Å². The molecule has 1 aromatic carbocycles. The molecule has 1 saturated heterocycles. The van der Waals surface area contributed by atoms with Crippen LogP contribution in [0.25, 0.3) is 22.0 Å². The SMILES string of the molecule is CC(C)CN1CCC(F)(C(=O)Nc2ncc3ccc(-c4cnn5c4CN(CCF)CC5)cc3n2)CC1. The Morgan fingerprint density at radius 3 is 2.69 bits per heavy atom. The van der Waals surface area contributed by atoms with Gasteiger partial charge in [-0.1, -0.05) is 26.0 Å². The molecule has 4 heterocycles. The zero-order chi connectivity index (χ0) is 25.3. The van der Waals surface area contributed by atoms with Crippen molar-refractivity contribution in [3.8, 4) is 11.1 Å². The number of carbonyl (C=O) groups excluding carboxylic acids is 1. The second kappa shape index (κ2) is 10.2. The topological polar surface area (TPSA) is 79.2 Å². The fourth-order valence-electron chi connectivity index (χ4n) is 5.15. The minimum absolute atomic E-state index is 0.0949. The van der Waals surface area contributed by atoms with Gasteiger partial charge in [0.05, 0.1) is 24.0 Å². The number of amides is 1. The fraction of sp³-hybridized carbons (Fsp3) is 0.538. The standard InChI is InChI=1S/C26H33F2N7O/c1-18(2)16-33-8-5-26(28,6-9-33)24(36)32-25-29-14-20-4-3-19(13-22(20)31-25)21-15-30-35-12-11-34(10-7-27)17-23(21)35/h3-4,13-15,18H,5-12,16-17H2,1-2H3,(H,29,31,32,36). The maximum absolute atomic E-state index is 15.4. The highest BCUT2D eigenvalue weighted by Gasteiger charge is 2.42. The smallest absolute Gasteiger partial charge is 0.264 e. The average molecular weight is 498 g/mol. The Bertz CT molecular complexity index is 1240. The van der Waals surface area contributed by atoms with Crippen molar-refractivity contribution in [1.82, 2.24) is 29.5 Å². The maximum Gasteiger partial charge on any atom is 0.264 e. The Morgan fingerprint density at radius 2 is 1.94 bits per heavy atom. The third-order valence-corrected chi connectivity index (χ3v) is 7.15. The van der Waals surface area contributed by atoms with E-state index in [-0.39, 0.29) is 25.5 Å². The molecular weight excluding hydrogens is 464 g/mol. The zero-order valence-electron chi connectivity index (χ0n) is 20.9. The molecule has 0 aliphatic carbocycles. The molecule has 2 aliphatic rings. The predicted octanol–water partition coefficient (Wildman–Crippen LogP) is 3.68. The van der Waals surface area contributed by atoms with E-state index in [1.54, 1.807) is 6.20 Å². The third-order valence-electron chi connectivity index (χ3n) is 7.15. The van der Waals surface area contributed by atoms with Crippen molar-refractivity contribution in [3.63, 3.8) is 0 Å². The van der Waals surface area contributed by atoms with Crippen LogP contribution in [0.4, 0.5) is 14.7 Å². The first-order chi connectivity index (χ1) is 17.3. The second-order valence-electron chi connectivity index (χ2n) is 10.3. The van der Waals surface area contributed by atoms with Gasteiger partial charge in [0.25, 0.3) is 5.91 Å². The van der Waals surface area contributed by atoms with Gasteiger partial charge in [0.2, 0.25) is 5.95 Å². The van der Waals surface area contributed by atoms with Gasteiger partial charge in [0, 0.05) is 69.3 Å². The van der Waals surface area contributed by atoms with Crippen molar-refractivity contribution in [2.75, 3.05) is 44.7 Å². The van der Waals surface area contributed by atoms with Crippen molar-refractivity contribution in [2.45, 2.75) is 45.4 Å². The monoisotopic (exact) mass is 497 g/mol. The van der Waals surface area contributed by atoms with E-state index in [1.165, 1.54) is 0 Å². The third kappa shape index (κ3) is 5.10. The molecule has 0 spiro atoms. The summed E-state index contributed by atoms with van der Waals surface area (Å²) in [6.07, 6.45) is 3.79. The Labute approximate surface area is 209 Å². The zero-order valence-corrected chi connectivity index (χ0v) is 20.9. The molecule has 0 saturated carbocycles. The van der Waals surface area contributed by atoms with Gasteiger partial charge >= 0.3 is 0 Å². The normalized spacial score (nSPS) is 18.5. The largest absolute Gasteiger partial charge is 0.303 e. The number of piperidine rings is 1. The van der Waals surface area contributed by atoms with E-state index in [4.69, 9.17) is 0 Å². The molecular formula is C26H33F2N7O. The molecule has 1 amide bonds. The Hall–Kier alpha value is -2.98. The van der Waals surface area contributed by atoms with Crippen LogP contribution in [0.2, 0.25) is 0 Å². The van der Waals surface area contributed by atoms with Crippen molar-refractivity contribution < 1.29 is 13.6 Å². The number of nitrogens with zero attached hydrogens (tertiary/aromatic N) is 6. The summed E-state index contributed by atoms with van der Waals surface area (Å²) < 4.78 is 30.3.